The molecule has 0 aromatic heterocycles. The van der Waals surface area contributed by atoms with Crippen LogP contribution in [0.25, 0.3) is 0 Å². The van der Waals surface area contributed by atoms with Gasteiger partial charge >= 0.3 is 0 Å². The monoisotopic (exact) mass is 248 g/mol. The molecular formula is C16H28N2. The van der Waals surface area contributed by atoms with Crippen molar-refractivity contribution in [2.75, 3.05) is 24.5 Å². The summed E-state index contributed by atoms with van der Waals surface area (Å²) >= 11 is 0. The molecule has 18 heavy (non-hydrogen) atoms. The molecule has 0 aliphatic rings. The van der Waals surface area contributed by atoms with Crippen LogP contribution in [0.3, 0.4) is 0 Å². The van der Waals surface area contributed by atoms with Crippen LogP contribution >= 0.6 is 0 Å². The van der Waals surface area contributed by atoms with E-state index in [1.807, 2.05) is 0 Å². The normalized spacial score (nSPS) is 12.4. The first-order valence-electron chi connectivity index (χ1n) is 7.19. The van der Waals surface area contributed by atoms with Gasteiger partial charge in [-0.1, -0.05) is 19.1 Å². The van der Waals surface area contributed by atoms with E-state index in [0.29, 0.717) is 0 Å². The molecule has 0 bridgehead atoms. The molecule has 0 heterocycles. The predicted molar refractivity (Wildman–Crippen MR) is 81.1 cm³/mol. The number of anilines is 1. The van der Waals surface area contributed by atoms with Gasteiger partial charge in [-0.05, 0) is 63.3 Å². The lowest BCUT2D eigenvalue weighted by Crippen LogP contribution is -2.24. The number of nitrogens with two attached hydrogens (primary N) is 1. The van der Waals surface area contributed by atoms with Gasteiger partial charge in [-0.2, -0.15) is 0 Å². The number of nitrogens with zero attached hydrogens (tertiary/aromatic N) is 1. The first-order valence-corrected chi connectivity index (χ1v) is 7.19. The van der Waals surface area contributed by atoms with Crippen LogP contribution < -0.4 is 10.6 Å². The third-order valence-corrected chi connectivity index (χ3v) is 3.53. The molecule has 0 spiro atoms. The van der Waals surface area contributed by atoms with Gasteiger partial charge in [-0.3, -0.25) is 0 Å². The Morgan fingerprint density at radius 2 is 2.06 bits per heavy atom. The van der Waals surface area contributed by atoms with Crippen molar-refractivity contribution in [2.24, 2.45) is 11.7 Å². The van der Waals surface area contributed by atoms with Crippen molar-refractivity contribution in [3.05, 3.63) is 29.8 Å². The zero-order valence-corrected chi connectivity index (χ0v) is 12.2. The molecule has 1 rings (SSSR count). The van der Waals surface area contributed by atoms with Gasteiger partial charge in [0.15, 0.2) is 0 Å². The summed E-state index contributed by atoms with van der Waals surface area (Å²) in [5, 5.41) is 0. The fourth-order valence-corrected chi connectivity index (χ4v) is 2.35. The van der Waals surface area contributed by atoms with Crippen LogP contribution in [-0.4, -0.2) is 19.6 Å². The number of aryl methyl sites for hydroxylation is 1. The Morgan fingerprint density at radius 3 is 2.67 bits per heavy atom. The standard InChI is InChI=1S/C16H28N2/c1-4-18(12-6-8-14(2)10-11-17)16-9-5-7-15(3)13-16/h5,7,9,13-14H,4,6,8,10-12,17H2,1-3H3. The van der Waals surface area contributed by atoms with Crippen molar-refractivity contribution in [1.29, 1.82) is 0 Å². The summed E-state index contributed by atoms with van der Waals surface area (Å²) in [5.74, 6) is 0.756. The summed E-state index contributed by atoms with van der Waals surface area (Å²) < 4.78 is 0. The van der Waals surface area contributed by atoms with Crippen molar-refractivity contribution in [3.63, 3.8) is 0 Å². The zero-order valence-electron chi connectivity index (χ0n) is 12.2. The Labute approximate surface area is 112 Å². The third-order valence-electron chi connectivity index (χ3n) is 3.53. The number of hydrogen-bond donors (Lipinski definition) is 1. The summed E-state index contributed by atoms with van der Waals surface area (Å²) in [6.45, 7) is 9.72. The fourth-order valence-electron chi connectivity index (χ4n) is 2.35. The first-order chi connectivity index (χ1) is 8.67. The Hall–Kier alpha value is -1.02. The second kappa shape index (κ2) is 8.15. The molecule has 1 atom stereocenters. The molecular weight excluding hydrogens is 220 g/mol. The second-order valence-electron chi connectivity index (χ2n) is 5.24. The number of benzene rings is 1. The molecule has 2 nitrogen and oxygen atoms in total. The molecule has 0 fully saturated rings. The van der Waals surface area contributed by atoms with E-state index in [9.17, 15) is 0 Å². The van der Waals surface area contributed by atoms with E-state index in [0.717, 1.165) is 32.0 Å². The van der Waals surface area contributed by atoms with Crippen molar-refractivity contribution in [2.45, 2.75) is 40.0 Å². The maximum atomic E-state index is 5.58. The summed E-state index contributed by atoms with van der Waals surface area (Å²) in [4.78, 5) is 2.46. The summed E-state index contributed by atoms with van der Waals surface area (Å²) in [5.41, 5.74) is 8.27. The maximum absolute atomic E-state index is 5.58. The molecule has 0 saturated heterocycles. The van der Waals surface area contributed by atoms with Gasteiger partial charge in [0.2, 0.25) is 0 Å². The number of hydrogen-bond acceptors (Lipinski definition) is 2. The van der Waals surface area contributed by atoms with Crippen LogP contribution in [0.1, 0.15) is 38.7 Å². The second-order valence-corrected chi connectivity index (χ2v) is 5.24. The molecule has 0 aliphatic heterocycles. The predicted octanol–water partition coefficient (Wildman–Crippen LogP) is 3.59. The van der Waals surface area contributed by atoms with Crippen molar-refractivity contribution in [1.82, 2.24) is 0 Å². The van der Waals surface area contributed by atoms with Gasteiger partial charge in [0, 0.05) is 18.8 Å². The van der Waals surface area contributed by atoms with E-state index in [1.165, 1.54) is 24.1 Å². The highest BCUT2D eigenvalue weighted by atomic mass is 15.1. The summed E-state index contributed by atoms with van der Waals surface area (Å²) in [6.07, 6.45) is 3.68. The third kappa shape index (κ3) is 5.09. The van der Waals surface area contributed by atoms with Crippen LogP contribution in [0.4, 0.5) is 5.69 Å². The Kier molecular flexibility index (Phi) is 6.81. The Balaban J connectivity index is 2.43. The molecule has 1 aromatic rings. The largest absolute Gasteiger partial charge is 0.372 e. The fraction of sp³-hybridized carbons (Fsp3) is 0.625. The lowest BCUT2D eigenvalue weighted by molar-refractivity contribution is 0.480. The molecule has 1 unspecified atom stereocenters. The highest BCUT2D eigenvalue weighted by Gasteiger charge is 2.06. The molecule has 1 aromatic carbocycles. The molecule has 0 radical (unpaired) electrons. The minimum atomic E-state index is 0.756. The zero-order chi connectivity index (χ0) is 13.4. The molecule has 0 aliphatic carbocycles. The van der Waals surface area contributed by atoms with Gasteiger partial charge in [0.25, 0.3) is 0 Å². The van der Waals surface area contributed by atoms with Gasteiger partial charge in [-0.15, -0.1) is 0 Å². The Morgan fingerprint density at radius 1 is 1.28 bits per heavy atom. The van der Waals surface area contributed by atoms with Crippen LogP contribution in [-0.2, 0) is 0 Å². The minimum absolute atomic E-state index is 0.756. The van der Waals surface area contributed by atoms with E-state index in [-0.39, 0.29) is 0 Å². The highest BCUT2D eigenvalue weighted by Crippen LogP contribution is 2.17. The van der Waals surface area contributed by atoms with E-state index < -0.39 is 0 Å². The van der Waals surface area contributed by atoms with Crippen LogP contribution in [0.2, 0.25) is 0 Å². The SMILES string of the molecule is CCN(CCCC(C)CCN)c1cccc(C)c1. The van der Waals surface area contributed by atoms with Crippen LogP contribution in [0, 0.1) is 12.8 Å². The summed E-state index contributed by atoms with van der Waals surface area (Å²) in [7, 11) is 0. The average molecular weight is 248 g/mol. The van der Waals surface area contributed by atoms with Crippen LogP contribution in [0.15, 0.2) is 24.3 Å². The van der Waals surface area contributed by atoms with Crippen molar-refractivity contribution >= 4 is 5.69 Å². The van der Waals surface area contributed by atoms with Gasteiger partial charge in [0.1, 0.15) is 0 Å². The van der Waals surface area contributed by atoms with Gasteiger partial charge in [-0.25, -0.2) is 0 Å². The molecule has 102 valence electrons. The van der Waals surface area contributed by atoms with E-state index in [2.05, 4.69) is 49.9 Å². The lowest BCUT2D eigenvalue weighted by Gasteiger charge is -2.24. The maximum Gasteiger partial charge on any atom is 0.0368 e. The smallest absolute Gasteiger partial charge is 0.0368 e. The average Bonchev–Trinajstić information content (AvgIpc) is 2.35. The van der Waals surface area contributed by atoms with Crippen molar-refractivity contribution < 1.29 is 0 Å². The van der Waals surface area contributed by atoms with Crippen LogP contribution in [0.5, 0.6) is 0 Å². The molecule has 2 heteroatoms. The number of rotatable bonds is 8. The van der Waals surface area contributed by atoms with Crippen molar-refractivity contribution in [3.8, 4) is 0 Å². The lowest BCUT2D eigenvalue weighted by atomic mass is 10.0. The van der Waals surface area contributed by atoms with Gasteiger partial charge in [0.05, 0.1) is 0 Å². The quantitative estimate of drug-likeness (QED) is 0.762. The molecule has 2 N–H and O–H groups in total. The molecule has 0 saturated carbocycles. The van der Waals surface area contributed by atoms with Gasteiger partial charge < -0.3 is 10.6 Å². The highest BCUT2D eigenvalue weighted by molar-refractivity contribution is 5.48. The van der Waals surface area contributed by atoms with E-state index in [4.69, 9.17) is 5.73 Å². The first kappa shape index (κ1) is 15.0. The molecule has 0 amide bonds. The van der Waals surface area contributed by atoms with E-state index in [1.54, 1.807) is 0 Å². The van der Waals surface area contributed by atoms with E-state index >= 15 is 0 Å². The minimum Gasteiger partial charge on any atom is -0.372 e. The summed E-state index contributed by atoms with van der Waals surface area (Å²) in [6, 6.07) is 8.78. The topological polar surface area (TPSA) is 29.3 Å². The Bertz CT molecular complexity index is 336.